The Kier molecular flexibility index (Phi) is 6.26. The van der Waals surface area contributed by atoms with Crippen molar-refractivity contribution >= 4 is 35.4 Å². The number of anilines is 1. The Hall–Kier alpha value is -1.64. The zero-order valence-corrected chi connectivity index (χ0v) is 18.5. The van der Waals surface area contributed by atoms with Gasteiger partial charge in [0.05, 0.1) is 26.2 Å². The zero-order chi connectivity index (χ0) is 21.4. The van der Waals surface area contributed by atoms with Gasteiger partial charge in [-0.15, -0.1) is 0 Å². The minimum absolute atomic E-state index is 0.202. The van der Waals surface area contributed by atoms with Gasteiger partial charge in [0.2, 0.25) is 0 Å². The highest BCUT2D eigenvalue weighted by molar-refractivity contribution is 7.84. The third-order valence-electron chi connectivity index (χ3n) is 5.30. The Labute approximate surface area is 170 Å². The molecule has 0 amide bonds. The molecule has 162 valence electrons. The summed E-state index contributed by atoms with van der Waals surface area (Å²) in [7, 11) is -6.40. The average molecular weight is 445 g/mol. The van der Waals surface area contributed by atoms with E-state index < -0.39 is 42.5 Å². The van der Waals surface area contributed by atoms with Gasteiger partial charge in [-0.3, -0.25) is 8.75 Å². The van der Waals surface area contributed by atoms with Crippen LogP contribution in [0.15, 0.2) is 12.7 Å². The molecule has 3 heterocycles. The van der Waals surface area contributed by atoms with Crippen LogP contribution in [0, 0.1) is 0 Å². The highest BCUT2D eigenvalue weighted by Crippen LogP contribution is 2.37. The standard InChI is InChI=1S/C16H28N6O5SSi/c1-4-5-6-29(2,3)16(27-28(18,24)25)11-7-10(23)15(26-11)22-9-21-12-13(17)19-8-20-14(12)22/h8-11,15-16,23H,4-7H2,1-3H3,(H2,17,19,20)(H2,18,24,25)/t10-,11+,15-,16?/m1/s1. The van der Waals surface area contributed by atoms with Crippen LogP contribution in [0.4, 0.5) is 5.82 Å². The first-order valence-electron chi connectivity index (χ1n) is 9.51. The first kappa shape index (κ1) is 22.1. The third-order valence-corrected chi connectivity index (χ3v) is 9.62. The summed E-state index contributed by atoms with van der Waals surface area (Å²) in [5.41, 5.74) is 5.93. The fourth-order valence-electron chi connectivity index (χ4n) is 3.80. The number of hydrogen-bond acceptors (Lipinski definition) is 9. The molecule has 11 nitrogen and oxygen atoms in total. The largest absolute Gasteiger partial charge is 0.388 e. The minimum atomic E-state index is -4.18. The second-order valence-electron chi connectivity index (χ2n) is 8.05. The number of nitrogens with two attached hydrogens (primary N) is 2. The van der Waals surface area contributed by atoms with Crippen molar-refractivity contribution in [2.75, 3.05) is 5.73 Å². The van der Waals surface area contributed by atoms with E-state index in [0.29, 0.717) is 11.2 Å². The molecule has 13 heteroatoms. The maximum Gasteiger partial charge on any atom is 0.333 e. The van der Waals surface area contributed by atoms with Crippen LogP contribution in [0.3, 0.4) is 0 Å². The van der Waals surface area contributed by atoms with Gasteiger partial charge >= 0.3 is 10.3 Å². The van der Waals surface area contributed by atoms with E-state index in [9.17, 15) is 13.5 Å². The van der Waals surface area contributed by atoms with Crippen LogP contribution < -0.4 is 10.9 Å². The van der Waals surface area contributed by atoms with Crippen LogP contribution >= 0.6 is 0 Å². The van der Waals surface area contributed by atoms with Gasteiger partial charge in [0.25, 0.3) is 0 Å². The van der Waals surface area contributed by atoms with Crippen LogP contribution in [-0.4, -0.2) is 59.1 Å². The molecule has 0 saturated carbocycles. The molecular formula is C16H28N6O5SSi. The topological polar surface area (TPSA) is 168 Å². The second kappa shape index (κ2) is 8.24. The van der Waals surface area contributed by atoms with Crippen molar-refractivity contribution in [1.82, 2.24) is 19.5 Å². The molecule has 0 spiro atoms. The van der Waals surface area contributed by atoms with Crippen molar-refractivity contribution < 1.29 is 22.4 Å². The van der Waals surface area contributed by atoms with Gasteiger partial charge < -0.3 is 15.6 Å². The number of nitrogens with zero attached hydrogens (tertiary/aromatic N) is 4. The molecule has 1 unspecified atom stereocenters. The van der Waals surface area contributed by atoms with Crippen molar-refractivity contribution in [3.8, 4) is 0 Å². The lowest BCUT2D eigenvalue weighted by atomic mass is 10.2. The second-order valence-corrected chi connectivity index (χ2v) is 14.3. The molecule has 2 aromatic rings. The molecule has 0 aliphatic carbocycles. The molecule has 4 atom stereocenters. The van der Waals surface area contributed by atoms with E-state index >= 15 is 0 Å². The monoisotopic (exact) mass is 444 g/mol. The summed E-state index contributed by atoms with van der Waals surface area (Å²) < 4.78 is 36.5. The fourth-order valence-corrected chi connectivity index (χ4v) is 8.42. The average Bonchev–Trinajstić information content (AvgIpc) is 3.21. The predicted molar refractivity (Wildman–Crippen MR) is 109 cm³/mol. The number of rotatable bonds is 8. The number of imidazole rings is 1. The normalized spacial score (nSPS) is 24.2. The molecular weight excluding hydrogens is 416 g/mol. The first-order valence-corrected chi connectivity index (χ1v) is 14.3. The van der Waals surface area contributed by atoms with E-state index in [1.807, 2.05) is 13.1 Å². The van der Waals surface area contributed by atoms with Crippen LogP contribution in [0.2, 0.25) is 19.1 Å². The molecule has 29 heavy (non-hydrogen) atoms. The SMILES string of the molecule is CCCC[Si](C)(C)C(OS(N)(=O)=O)[C@@H]1C[C@@H](O)[C@H](n2cnc3c(N)ncnc32)O1. The van der Waals surface area contributed by atoms with Gasteiger partial charge in [-0.25, -0.2) is 20.1 Å². The third kappa shape index (κ3) is 4.75. The van der Waals surface area contributed by atoms with E-state index in [1.54, 1.807) is 4.57 Å². The number of unbranched alkanes of at least 4 members (excludes halogenated alkanes) is 1. The summed E-state index contributed by atoms with van der Waals surface area (Å²) in [5, 5.41) is 15.9. The van der Waals surface area contributed by atoms with Crippen molar-refractivity contribution in [3.63, 3.8) is 0 Å². The van der Waals surface area contributed by atoms with E-state index in [0.717, 1.165) is 18.9 Å². The lowest BCUT2D eigenvalue weighted by Crippen LogP contribution is -2.52. The van der Waals surface area contributed by atoms with E-state index in [1.165, 1.54) is 12.7 Å². The van der Waals surface area contributed by atoms with Crippen LogP contribution in [0.25, 0.3) is 11.2 Å². The molecule has 5 N–H and O–H groups in total. The Bertz CT molecular complexity index is 968. The summed E-state index contributed by atoms with van der Waals surface area (Å²) in [6, 6.07) is 0.849. The summed E-state index contributed by atoms with van der Waals surface area (Å²) >= 11 is 0. The maximum absolute atomic E-state index is 11.7. The number of nitrogen functional groups attached to an aromatic ring is 1. The summed E-state index contributed by atoms with van der Waals surface area (Å²) in [5.74, 6) is 0.223. The maximum atomic E-state index is 11.7. The quantitative estimate of drug-likeness (QED) is 0.496. The minimum Gasteiger partial charge on any atom is -0.388 e. The lowest BCUT2D eigenvalue weighted by Gasteiger charge is -2.35. The summed E-state index contributed by atoms with van der Waals surface area (Å²) in [4.78, 5) is 12.3. The highest BCUT2D eigenvalue weighted by Gasteiger charge is 2.48. The van der Waals surface area contributed by atoms with E-state index in [4.69, 9.17) is 19.8 Å². The smallest absolute Gasteiger partial charge is 0.333 e. The van der Waals surface area contributed by atoms with Gasteiger partial charge in [0.1, 0.15) is 17.9 Å². The molecule has 0 radical (unpaired) electrons. The highest BCUT2D eigenvalue weighted by atomic mass is 32.2. The van der Waals surface area contributed by atoms with Crippen molar-refractivity contribution in [2.24, 2.45) is 5.14 Å². The summed E-state index contributed by atoms with van der Waals surface area (Å²) in [6.45, 7) is 6.16. The lowest BCUT2D eigenvalue weighted by molar-refractivity contribution is -0.0539. The molecule has 1 aliphatic heterocycles. The number of hydrogen-bond donors (Lipinski definition) is 3. The summed E-state index contributed by atoms with van der Waals surface area (Å²) in [6.07, 6.45) is 2.57. The number of aliphatic hydroxyl groups is 1. The van der Waals surface area contributed by atoms with Crippen LogP contribution in [0.1, 0.15) is 32.4 Å². The Morgan fingerprint density at radius 1 is 1.41 bits per heavy atom. The fraction of sp³-hybridized carbons (Fsp3) is 0.688. The Balaban J connectivity index is 1.90. The molecule has 3 rings (SSSR count). The van der Waals surface area contributed by atoms with Gasteiger partial charge in [-0.05, 0) is 0 Å². The first-order chi connectivity index (χ1) is 13.5. The molecule has 1 aliphatic rings. The number of aliphatic hydroxyl groups excluding tert-OH is 1. The molecule has 0 bridgehead atoms. The number of ether oxygens (including phenoxy) is 1. The van der Waals surface area contributed by atoms with Gasteiger partial charge in [-0.1, -0.05) is 38.9 Å². The zero-order valence-electron chi connectivity index (χ0n) is 16.7. The van der Waals surface area contributed by atoms with Crippen molar-refractivity contribution in [3.05, 3.63) is 12.7 Å². The molecule has 2 aromatic heterocycles. The van der Waals surface area contributed by atoms with Gasteiger partial charge in [-0.2, -0.15) is 8.42 Å². The van der Waals surface area contributed by atoms with Crippen LogP contribution in [-0.2, 0) is 19.2 Å². The molecule has 1 saturated heterocycles. The van der Waals surface area contributed by atoms with E-state index in [-0.39, 0.29) is 12.2 Å². The molecule has 1 fully saturated rings. The van der Waals surface area contributed by atoms with Crippen molar-refractivity contribution in [2.45, 2.75) is 69.5 Å². The predicted octanol–water partition coefficient (Wildman–Crippen LogP) is 0.693. The van der Waals surface area contributed by atoms with Gasteiger partial charge in [0, 0.05) is 6.42 Å². The van der Waals surface area contributed by atoms with E-state index in [2.05, 4.69) is 21.9 Å². The Morgan fingerprint density at radius 3 is 2.79 bits per heavy atom. The number of fused-ring (bicyclic) bond motifs is 1. The van der Waals surface area contributed by atoms with Crippen molar-refractivity contribution in [1.29, 1.82) is 0 Å². The van der Waals surface area contributed by atoms with Crippen LogP contribution in [0.5, 0.6) is 0 Å². The number of aromatic nitrogens is 4. The molecule has 0 aromatic carbocycles. The Morgan fingerprint density at radius 2 is 2.14 bits per heavy atom. The van der Waals surface area contributed by atoms with Gasteiger partial charge in [0.15, 0.2) is 17.7 Å².